The highest BCUT2D eigenvalue weighted by Crippen LogP contribution is 2.30. The maximum atomic E-state index is 12.2. The molecule has 0 atom stereocenters. The number of carbonyl (C=O) groups excluding carboxylic acids is 1. The van der Waals surface area contributed by atoms with Gasteiger partial charge in [0.1, 0.15) is 5.75 Å². The second-order valence-corrected chi connectivity index (χ2v) is 6.78. The monoisotopic (exact) mass is 330 g/mol. The number of benzene rings is 1. The SMILES string of the molecule is COc1cccc(C(=O)Nc2nc(-c3ccc(C)s3)cs2)c1. The van der Waals surface area contributed by atoms with E-state index in [4.69, 9.17) is 4.74 Å². The van der Waals surface area contributed by atoms with Crippen molar-refractivity contribution in [3.63, 3.8) is 0 Å². The van der Waals surface area contributed by atoms with Crippen LogP contribution in [0, 0.1) is 6.92 Å². The first-order valence-corrected chi connectivity index (χ1v) is 8.33. The van der Waals surface area contributed by atoms with Gasteiger partial charge in [0.2, 0.25) is 0 Å². The molecule has 0 fully saturated rings. The number of aromatic nitrogens is 1. The van der Waals surface area contributed by atoms with Crippen LogP contribution in [0.1, 0.15) is 15.2 Å². The summed E-state index contributed by atoms with van der Waals surface area (Å²) in [7, 11) is 1.58. The molecule has 1 amide bonds. The third-order valence-corrected chi connectivity index (χ3v) is 4.83. The number of anilines is 1. The molecule has 3 aromatic rings. The van der Waals surface area contributed by atoms with Crippen LogP contribution in [0.2, 0.25) is 0 Å². The summed E-state index contributed by atoms with van der Waals surface area (Å²) in [4.78, 5) is 19.1. The van der Waals surface area contributed by atoms with E-state index >= 15 is 0 Å². The van der Waals surface area contributed by atoms with Gasteiger partial charge < -0.3 is 4.74 Å². The molecule has 2 heterocycles. The number of hydrogen-bond acceptors (Lipinski definition) is 5. The molecule has 0 saturated heterocycles. The van der Waals surface area contributed by atoms with Crippen LogP contribution in [-0.2, 0) is 0 Å². The van der Waals surface area contributed by atoms with Gasteiger partial charge in [-0.2, -0.15) is 0 Å². The van der Waals surface area contributed by atoms with Gasteiger partial charge in [0.05, 0.1) is 17.7 Å². The predicted molar refractivity (Wildman–Crippen MR) is 91.1 cm³/mol. The number of hydrogen-bond donors (Lipinski definition) is 1. The van der Waals surface area contributed by atoms with E-state index in [9.17, 15) is 4.79 Å². The van der Waals surface area contributed by atoms with E-state index in [2.05, 4.69) is 23.3 Å². The van der Waals surface area contributed by atoms with Crippen molar-refractivity contribution in [3.8, 4) is 16.3 Å². The number of aryl methyl sites for hydroxylation is 1. The van der Waals surface area contributed by atoms with E-state index in [1.54, 1.807) is 42.7 Å². The van der Waals surface area contributed by atoms with E-state index in [0.29, 0.717) is 16.4 Å². The first-order valence-electron chi connectivity index (χ1n) is 6.63. The molecule has 0 radical (unpaired) electrons. The quantitative estimate of drug-likeness (QED) is 0.769. The lowest BCUT2D eigenvalue weighted by atomic mass is 10.2. The largest absolute Gasteiger partial charge is 0.497 e. The summed E-state index contributed by atoms with van der Waals surface area (Å²) in [6, 6.07) is 11.1. The maximum Gasteiger partial charge on any atom is 0.257 e. The summed E-state index contributed by atoms with van der Waals surface area (Å²) in [5, 5.41) is 5.37. The minimum absolute atomic E-state index is 0.192. The zero-order valence-corrected chi connectivity index (χ0v) is 13.8. The van der Waals surface area contributed by atoms with Crippen molar-refractivity contribution in [2.45, 2.75) is 6.92 Å². The third-order valence-electron chi connectivity index (χ3n) is 3.05. The number of thiophene rings is 1. The summed E-state index contributed by atoms with van der Waals surface area (Å²) < 4.78 is 5.13. The molecular weight excluding hydrogens is 316 g/mol. The zero-order valence-electron chi connectivity index (χ0n) is 12.1. The predicted octanol–water partition coefficient (Wildman–Crippen LogP) is 4.44. The van der Waals surface area contributed by atoms with Crippen LogP contribution in [-0.4, -0.2) is 18.0 Å². The fourth-order valence-electron chi connectivity index (χ4n) is 1.95. The Hall–Kier alpha value is -2.18. The molecule has 112 valence electrons. The van der Waals surface area contributed by atoms with Gasteiger partial charge >= 0.3 is 0 Å². The Morgan fingerprint density at radius 1 is 1.27 bits per heavy atom. The van der Waals surface area contributed by atoms with E-state index in [1.807, 2.05) is 11.4 Å². The van der Waals surface area contributed by atoms with Gasteiger partial charge in [-0.15, -0.1) is 22.7 Å². The van der Waals surface area contributed by atoms with Crippen LogP contribution in [0.15, 0.2) is 41.8 Å². The van der Waals surface area contributed by atoms with Crippen molar-refractivity contribution in [2.24, 2.45) is 0 Å². The minimum atomic E-state index is -0.192. The highest BCUT2D eigenvalue weighted by Gasteiger charge is 2.11. The van der Waals surface area contributed by atoms with E-state index in [1.165, 1.54) is 16.2 Å². The lowest BCUT2D eigenvalue weighted by Crippen LogP contribution is -2.11. The second-order valence-electron chi connectivity index (χ2n) is 4.63. The number of nitrogens with zero attached hydrogens (tertiary/aromatic N) is 1. The third kappa shape index (κ3) is 3.18. The van der Waals surface area contributed by atoms with Crippen molar-refractivity contribution in [3.05, 3.63) is 52.2 Å². The molecule has 1 N–H and O–H groups in total. The highest BCUT2D eigenvalue weighted by molar-refractivity contribution is 7.17. The minimum Gasteiger partial charge on any atom is -0.497 e. The topological polar surface area (TPSA) is 51.2 Å². The molecule has 0 bridgehead atoms. The molecule has 0 aliphatic heterocycles. The maximum absolute atomic E-state index is 12.2. The van der Waals surface area contributed by atoms with Gasteiger partial charge in [-0.3, -0.25) is 10.1 Å². The van der Waals surface area contributed by atoms with Crippen molar-refractivity contribution in [1.29, 1.82) is 0 Å². The van der Waals surface area contributed by atoms with Gasteiger partial charge in [-0.25, -0.2) is 4.98 Å². The van der Waals surface area contributed by atoms with Crippen LogP contribution in [0.5, 0.6) is 5.75 Å². The first kappa shape index (κ1) is 14.7. The normalized spacial score (nSPS) is 10.5. The molecule has 0 unspecified atom stereocenters. The van der Waals surface area contributed by atoms with Gasteiger partial charge in [0.25, 0.3) is 5.91 Å². The van der Waals surface area contributed by atoms with Crippen LogP contribution in [0.3, 0.4) is 0 Å². The Kier molecular flexibility index (Phi) is 4.22. The molecule has 22 heavy (non-hydrogen) atoms. The average molecular weight is 330 g/mol. The molecule has 4 nitrogen and oxygen atoms in total. The number of nitrogens with one attached hydrogen (secondary N) is 1. The first-order chi connectivity index (χ1) is 10.7. The van der Waals surface area contributed by atoms with Gasteiger partial charge in [0, 0.05) is 15.8 Å². The molecule has 1 aromatic carbocycles. The number of rotatable bonds is 4. The van der Waals surface area contributed by atoms with Crippen LogP contribution in [0.4, 0.5) is 5.13 Å². The Bertz CT molecular complexity index is 808. The molecule has 6 heteroatoms. The number of thiazole rings is 1. The number of ether oxygens (including phenoxy) is 1. The lowest BCUT2D eigenvalue weighted by molar-refractivity contribution is 0.102. The summed E-state index contributed by atoms with van der Waals surface area (Å²) in [5.74, 6) is 0.462. The standard InChI is InChI=1S/C16H14N2O2S2/c1-10-6-7-14(22-10)13-9-21-16(17-13)18-15(19)11-4-3-5-12(8-11)20-2/h3-9H,1-2H3,(H,17,18,19). The Labute approximate surface area is 136 Å². The summed E-state index contributed by atoms with van der Waals surface area (Å²) in [5.41, 5.74) is 1.44. The molecular formula is C16H14N2O2S2. The van der Waals surface area contributed by atoms with Gasteiger partial charge in [0.15, 0.2) is 5.13 Å². The molecule has 2 aromatic heterocycles. The van der Waals surface area contributed by atoms with Crippen molar-refractivity contribution in [2.75, 3.05) is 12.4 Å². The second kappa shape index (κ2) is 6.29. The van der Waals surface area contributed by atoms with E-state index in [-0.39, 0.29) is 5.91 Å². The van der Waals surface area contributed by atoms with Crippen LogP contribution < -0.4 is 10.1 Å². The van der Waals surface area contributed by atoms with Crippen LogP contribution in [0.25, 0.3) is 10.6 Å². The Morgan fingerprint density at radius 3 is 2.86 bits per heavy atom. The fourth-order valence-corrected chi connectivity index (χ4v) is 3.56. The highest BCUT2D eigenvalue weighted by atomic mass is 32.1. The molecule has 3 rings (SSSR count). The van der Waals surface area contributed by atoms with Gasteiger partial charge in [-0.1, -0.05) is 6.07 Å². The Morgan fingerprint density at radius 2 is 2.14 bits per heavy atom. The van der Waals surface area contributed by atoms with Crippen LogP contribution >= 0.6 is 22.7 Å². The Balaban J connectivity index is 1.75. The van der Waals surface area contributed by atoms with Crippen molar-refractivity contribution >= 4 is 33.7 Å². The molecule has 0 aliphatic carbocycles. The zero-order chi connectivity index (χ0) is 15.5. The number of carbonyl (C=O) groups is 1. The fraction of sp³-hybridized carbons (Fsp3) is 0.125. The van der Waals surface area contributed by atoms with E-state index < -0.39 is 0 Å². The number of methoxy groups -OCH3 is 1. The average Bonchev–Trinajstić information content (AvgIpc) is 3.16. The summed E-state index contributed by atoms with van der Waals surface area (Å²) in [6.45, 7) is 2.06. The smallest absolute Gasteiger partial charge is 0.257 e. The summed E-state index contributed by atoms with van der Waals surface area (Å²) >= 11 is 3.11. The molecule has 0 aliphatic rings. The van der Waals surface area contributed by atoms with Crippen molar-refractivity contribution < 1.29 is 9.53 Å². The number of amides is 1. The summed E-state index contributed by atoms with van der Waals surface area (Å²) in [6.07, 6.45) is 0. The van der Waals surface area contributed by atoms with Crippen molar-refractivity contribution in [1.82, 2.24) is 4.98 Å². The van der Waals surface area contributed by atoms with E-state index in [0.717, 1.165) is 10.6 Å². The molecule has 0 saturated carbocycles. The van der Waals surface area contributed by atoms with Gasteiger partial charge in [-0.05, 0) is 37.3 Å². The lowest BCUT2D eigenvalue weighted by Gasteiger charge is -2.04. The molecule has 0 spiro atoms.